The van der Waals surface area contributed by atoms with Crippen molar-refractivity contribution in [3.05, 3.63) is 23.0 Å². The molecule has 3 heteroatoms. The van der Waals surface area contributed by atoms with Crippen LogP contribution >= 0.6 is 11.6 Å². The van der Waals surface area contributed by atoms with Crippen LogP contribution in [0, 0.1) is 12.8 Å². The Morgan fingerprint density at radius 1 is 1.47 bits per heavy atom. The summed E-state index contributed by atoms with van der Waals surface area (Å²) in [7, 11) is 0. The maximum atomic E-state index is 5.79. The van der Waals surface area contributed by atoms with E-state index in [-0.39, 0.29) is 0 Å². The Hall–Kier alpha value is -0.760. The average molecular weight is 228 g/mol. The van der Waals surface area contributed by atoms with Crippen molar-refractivity contribution in [1.29, 1.82) is 0 Å². The van der Waals surface area contributed by atoms with Gasteiger partial charge in [-0.25, -0.2) is 4.98 Å². The first-order valence-electron chi connectivity index (χ1n) is 5.34. The molecule has 0 aromatic carbocycles. The second kappa shape index (κ2) is 5.96. The van der Waals surface area contributed by atoms with Gasteiger partial charge in [-0.1, -0.05) is 25.4 Å². The van der Waals surface area contributed by atoms with Gasteiger partial charge in [0.1, 0.15) is 10.9 Å². The molecule has 0 bridgehead atoms. The number of pyridine rings is 1. The van der Waals surface area contributed by atoms with Gasteiger partial charge in [0.25, 0.3) is 0 Å². The highest BCUT2D eigenvalue weighted by Gasteiger charge is 2.01. The van der Waals surface area contributed by atoms with E-state index >= 15 is 0 Å². The van der Waals surface area contributed by atoms with E-state index in [2.05, 4.69) is 18.8 Å². The monoisotopic (exact) mass is 227 g/mol. The molecule has 2 nitrogen and oxygen atoms in total. The van der Waals surface area contributed by atoms with Gasteiger partial charge in [0, 0.05) is 17.8 Å². The van der Waals surface area contributed by atoms with Crippen molar-refractivity contribution in [2.45, 2.75) is 33.6 Å². The quantitative estimate of drug-likeness (QED) is 0.563. The first-order valence-corrected chi connectivity index (χ1v) is 5.72. The molecule has 1 aromatic rings. The Labute approximate surface area is 96.6 Å². The lowest BCUT2D eigenvalue weighted by atomic mass is 10.1. The van der Waals surface area contributed by atoms with Crippen molar-refractivity contribution < 1.29 is 4.74 Å². The standard InChI is InChI=1S/C12H18ClNO/c1-9(2)5-4-6-15-11-7-12(13)14-8-10(11)3/h7-9H,4-6H2,1-3H3. The maximum absolute atomic E-state index is 5.79. The van der Waals surface area contributed by atoms with E-state index < -0.39 is 0 Å². The van der Waals surface area contributed by atoms with Crippen molar-refractivity contribution in [3.8, 4) is 5.75 Å². The number of aromatic nitrogens is 1. The predicted molar refractivity (Wildman–Crippen MR) is 63.6 cm³/mol. The first kappa shape index (κ1) is 12.3. The summed E-state index contributed by atoms with van der Waals surface area (Å²) < 4.78 is 5.64. The van der Waals surface area contributed by atoms with Gasteiger partial charge >= 0.3 is 0 Å². The normalized spacial score (nSPS) is 10.7. The largest absolute Gasteiger partial charge is 0.493 e. The minimum atomic E-state index is 0.486. The molecule has 0 spiro atoms. The number of hydrogen-bond donors (Lipinski definition) is 0. The molecule has 0 amide bonds. The minimum Gasteiger partial charge on any atom is -0.493 e. The van der Waals surface area contributed by atoms with Gasteiger partial charge in [-0.2, -0.15) is 0 Å². The highest BCUT2D eigenvalue weighted by atomic mass is 35.5. The zero-order chi connectivity index (χ0) is 11.3. The number of ether oxygens (including phenoxy) is 1. The van der Waals surface area contributed by atoms with E-state index in [1.54, 1.807) is 12.3 Å². The van der Waals surface area contributed by atoms with Crippen LogP contribution < -0.4 is 4.74 Å². The third kappa shape index (κ3) is 4.52. The highest BCUT2D eigenvalue weighted by Crippen LogP contribution is 2.20. The van der Waals surface area contributed by atoms with Gasteiger partial charge < -0.3 is 4.74 Å². The van der Waals surface area contributed by atoms with Gasteiger partial charge in [-0.15, -0.1) is 0 Å². The molecule has 0 saturated carbocycles. The number of rotatable bonds is 5. The molecule has 0 fully saturated rings. The lowest BCUT2D eigenvalue weighted by Gasteiger charge is -2.09. The fourth-order valence-corrected chi connectivity index (χ4v) is 1.46. The fourth-order valence-electron chi connectivity index (χ4n) is 1.31. The van der Waals surface area contributed by atoms with Crippen LogP contribution in [0.4, 0.5) is 0 Å². The van der Waals surface area contributed by atoms with Crippen molar-refractivity contribution >= 4 is 11.6 Å². The van der Waals surface area contributed by atoms with Gasteiger partial charge in [-0.3, -0.25) is 0 Å². The van der Waals surface area contributed by atoms with Crippen molar-refractivity contribution in [2.75, 3.05) is 6.61 Å². The van der Waals surface area contributed by atoms with Gasteiger partial charge in [-0.05, 0) is 25.7 Å². The van der Waals surface area contributed by atoms with Crippen LogP contribution in [-0.4, -0.2) is 11.6 Å². The Balaban J connectivity index is 2.40. The van der Waals surface area contributed by atoms with E-state index in [1.807, 2.05) is 6.92 Å². The van der Waals surface area contributed by atoms with Crippen LogP contribution in [0.15, 0.2) is 12.3 Å². The van der Waals surface area contributed by atoms with Crippen LogP contribution in [0.1, 0.15) is 32.3 Å². The Morgan fingerprint density at radius 3 is 2.87 bits per heavy atom. The number of aryl methyl sites for hydroxylation is 1. The van der Waals surface area contributed by atoms with Crippen molar-refractivity contribution in [3.63, 3.8) is 0 Å². The summed E-state index contributed by atoms with van der Waals surface area (Å²) in [5.41, 5.74) is 1.03. The van der Waals surface area contributed by atoms with Gasteiger partial charge in [0.2, 0.25) is 0 Å². The summed E-state index contributed by atoms with van der Waals surface area (Å²) in [4.78, 5) is 3.98. The Bertz CT molecular complexity index is 312. The first-order chi connectivity index (χ1) is 7.09. The maximum Gasteiger partial charge on any atom is 0.132 e. The second-order valence-electron chi connectivity index (χ2n) is 4.16. The molecule has 0 radical (unpaired) electrons. The molecule has 84 valence electrons. The summed E-state index contributed by atoms with van der Waals surface area (Å²) >= 11 is 5.79. The topological polar surface area (TPSA) is 22.1 Å². The molecule has 0 N–H and O–H groups in total. The third-order valence-electron chi connectivity index (χ3n) is 2.20. The molecule has 0 saturated heterocycles. The summed E-state index contributed by atoms with van der Waals surface area (Å²) in [6.45, 7) is 7.16. The van der Waals surface area contributed by atoms with E-state index in [0.717, 1.165) is 30.3 Å². The summed E-state index contributed by atoms with van der Waals surface area (Å²) in [5.74, 6) is 1.58. The average Bonchev–Trinajstić information content (AvgIpc) is 2.17. The minimum absolute atomic E-state index is 0.486. The second-order valence-corrected chi connectivity index (χ2v) is 4.54. The molecule has 0 aliphatic rings. The van der Waals surface area contributed by atoms with Crippen LogP contribution in [0.25, 0.3) is 0 Å². The third-order valence-corrected chi connectivity index (χ3v) is 2.41. The lowest BCUT2D eigenvalue weighted by molar-refractivity contribution is 0.295. The van der Waals surface area contributed by atoms with E-state index in [9.17, 15) is 0 Å². The van der Waals surface area contributed by atoms with Gasteiger partial charge in [0.05, 0.1) is 6.61 Å². The van der Waals surface area contributed by atoms with Crippen LogP contribution in [-0.2, 0) is 0 Å². The summed E-state index contributed by atoms with van der Waals surface area (Å²) in [6.07, 6.45) is 4.01. The Morgan fingerprint density at radius 2 is 2.20 bits per heavy atom. The molecule has 15 heavy (non-hydrogen) atoms. The van der Waals surface area contributed by atoms with E-state index in [1.165, 1.54) is 6.42 Å². The van der Waals surface area contributed by atoms with E-state index in [0.29, 0.717) is 5.15 Å². The molecule has 0 aliphatic carbocycles. The lowest BCUT2D eigenvalue weighted by Crippen LogP contribution is -2.01. The van der Waals surface area contributed by atoms with Crippen LogP contribution in [0.5, 0.6) is 5.75 Å². The molecule has 1 aromatic heterocycles. The smallest absolute Gasteiger partial charge is 0.132 e. The van der Waals surface area contributed by atoms with Crippen LogP contribution in [0.3, 0.4) is 0 Å². The Kier molecular flexibility index (Phi) is 4.89. The predicted octanol–water partition coefficient (Wildman–Crippen LogP) is 3.86. The van der Waals surface area contributed by atoms with Crippen molar-refractivity contribution in [1.82, 2.24) is 4.98 Å². The van der Waals surface area contributed by atoms with E-state index in [4.69, 9.17) is 16.3 Å². The van der Waals surface area contributed by atoms with Crippen LogP contribution in [0.2, 0.25) is 5.15 Å². The fraction of sp³-hybridized carbons (Fsp3) is 0.583. The number of hydrogen-bond acceptors (Lipinski definition) is 2. The molecule has 0 aliphatic heterocycles. The van der Waals surface area contributed by atoms with Crippen molar-refractivity contribution in [2.24, 2.45) is 5.92 Å². The molecule has 1 rings (SSSR count). The molecular formula is C12H18ClNO. The summed E-state index contributed by atoms with van der Waals surface area (Å²) in [5, 5.41) is 0.486. The summed E-state index contributed by atoms with van der Waals surface area (Å²) in [6, 6.07) is 1.77. The number of halogens is 1. The zero-order valence-electron chi connectivity index (χ0n) is 9.59. The highest BCUT2D eigenvalue weighted by molar-refractivity contribution is 6.29. The zero-order valence-corrected chi connectivity index (χ0v) is 10.3. The molecule has 0 unspecified atom stereocenters. The number of nitrogens with zero attached hydrogens (tertiary/aromatic N) is 1. The molecular weight excluding hydrogens is 210 g/mol. The molecule has 0 atom stereocenters. The van der Waals surface area contributed by atoms with Gasteiger partial charge in [0.15, 0.2) is 0 Å². The SMILES string of the molecule is Cc1cnc(Cl)cc1OCCCC(C)C. The molecule has 1 heterocycles.